The van der Waals surface area contributed by atoms with Gasteiger partial charge >= 0.3 is 0 Å². The second-order valence-corrected chi connectivity index (χ2v) is 13.4. The molecular weight excluding hydrogens is 586 g/mol. The summed E-state index contributed by atoms with van der Waals surface area (Å²) in [5.41, 5.74) is 12.5. The zero-order valence-corrected chi connectivity index (χ0v) is 25.7. The third-order valence-electron chi connectivity index (χ3n) is 11.1. The topological polar surface area (TPSA) is 9.86 Å². The smallest absolute Gasteiger partial charge is 0.252 e. The molecular formula is C44H24BFN2. The van der Waals surface area contributed by atoms with E-state index in [1.165, 1.54) is 81.5 Å². The minimum absolute atomic E-state index is 0.0366. The van der Waals surface area contributed by atoms with E-state index in [1.54, 1.807) is 12.1 Å². The quantitative estimate of drug-likeness (QED) is 0.164. The Labute approximate surface area is 275 Å². The van der Waals surface area contributed by atoms with Crippen LogP contribution < -0.4 is 16.4 Å². The molecule has 0 saturated carbocycles. The van der Waals surface area contributed by atoms with Crippen LogP contribution in [0, 0.1) is 5.82 Å². The first-order valence-electron chi connectivity index (χ1n) is 16.6. The molecule has 0 aliphatic carbocycles. The average molecular weight is 611 g/mol. The summed E-state index contributed by atoms with van der Waals surface area (Å²) in [6.07, 6.45) is 0. The van der Waals surface area contributed by atoms with Crippen molar-refractivity contribution in [2.24, 2.45) is 0 Å². The molecule has 0 amide bonds. The first kappa shape index (κ1) is 25.0. The first-order chi connectivity index (χ1) is 23.7. The summed E-state index contributed by atoms with van der Waals surface area (Å²) in [4.78, 5) is 0. The molecule has 0 spiro atoms. The molecule has 2 aromatic heterocycles. The summed E-state index contributed by atoms with van der Waals surface area (Å²) in [6, 6.07) is 51.9. The number of para-hydroxylation sites is 2. The summed E-state index contributed by atoms with van der Waals surface area (Å²) in [5, 5.41) is 9.87. The highest BCUT2D eigenvalue weighted by Crippen LogP contribution is 2.42. The molecule has 0 fully saturated rings. The third-order valence-corrected chi connectivity index (χ3v) is 11.1. The normalized spacial score (nSPS) is 13.1. The molecule has 4 heteroatoms. The van der Waals surface area contributed by atoms with Crippen LogP contribution >= 0.6 is 0 Å². The van der Waals surface area contributed by atoms with Gasteiger partial charge in [0.15, 0.2) is 0 Å². The highest BCUT2D eigenvalue weighted by Gasteiger charge is 2.41. The molecule has 0 bridgehead atoms. The zero-order valence-electron chi connectivity index (χ0n) is 25.7. The van der Waals surface area contributed by atoms with E-state index < -0.39 is 0 Å². The van der Waals surface area contributed by atoms with Crippen molar-refractivity contribution in [2.75, 3.05) is 0 Å². The van der Waals surface area contributed by atoms with E-state index in [0.717, 1.165) is 16.9 Å². The number of hydrogen-bond acceptors (Lipinski definition) is 0. The van der Waals surface area contributed by atoms with Crippen molar-refractivity contribution in [1.29, 1.82) is 0 Å². The number of nitrogens with zero attached hydrogens (tertiary/aromatic N) is 2. The number of halogens is 1. The van der Waals surface area contributed by atoms with Gasteiger partial charge in [0.2, 0.25) is 0 Å². The Kier molecular flexibility index (Phi) is 4.49. The maximum absolute atomic E-state index is 15.7. The monoisotopic (exact) mass is 610 g/mol. The van der Waals surface area contributed by atoms with Gasteiger partial charge in [-0.2, -0.15) is 0 Å². The van der Waals surface area contributed by atoms with E-state index in [2.05, 4.69) is 130 Å². The number of benzene rings is 8. The largest absolute Gasteiger partial charge is 0.310 e. The van der Waals surface area contributed by atoms with Crippen LogP contribution in [-0.4, -0.2) is 15.8 Å². The maximum Gasteiger partial charge on any atom is 0.252 e. The number of rotatable bonds is 1. The molecule has 0 saturated heterocycles. The number of aromatic nitrogens is 2. The average Bonchev–Trinajstić information content (AvgIpc) is 3.63. The van der Waals surface area contributed by atoms with Crippen molar-refractivity contribution >= 4 is 88.3 Å². The summed E-state index contributed by atoms with van der Waals surface area (Å²) in [5.74, 6) is -0.212. The Hall–Kier alpha value is -6.13. The van der Waals surface area contributed by atoms with E-state index in [0.29, 0.717) is 5.56 Å². The fraction of sp³-hybridized carbons (Fsp3) is 0. The molecule has 2 aliphatic rings. The highest BCUT2D eigenvalue weighted by atomic mass is 19.1. The van der Waals surface area contributed by atoms with E-state index >= 15 is 4.39 Å². The Morgan fingerprint density at radius 3 is 1.44 bits per heavy atom. The van der Waals surface area contributed by atoms with Crippen LogP contribution in [0.1, 0.15) is 0 Å². The molecule has 12 rings (SSSR count). The Balaban J connectivity index is 1.33. The van der Waals surface area contributed by atoms with Gasteiger partial charge < -0.3 is 9.13 Å². The molecule has 10 aromatic rings. The van der Waals surface area contributed by atoms with Crippen molar-refractivity contribution in [2.45, 2.75) is 0 Å². The SMILES string of the molecule is Fc1ccccc1-c1cc2c3c(c1)-n1c4cc5ccccc5cc4c4cccc(c41)B3c1cccc3c4cc5ccccc5cc4n-2c13. The lowest BCUT2D eigenvalue weighted by Crippen LogP contribution is -2.59. The van der Waals surface area contributed by atoms with Crippen molar-refractivity contribution in [3.8, 4) is 22.5 Å². The Morgan fingerprint density at radius 2 is 0.917 bits per heavy atom. The van der Waals surface area contributed by atoms with E-state index in [9.17, 15) is 0 Å². The van der Waals surface area contributed by atoms with Gasteiger partial charge in [-0.25, -0.2) is 4.39 Å². The van der Waals surface area contributed by atoms with Gasteiger partial charge in [-0.1, -0.05) is 103 Å². The Morgan fingerprint density at radius 1 is 0.438 bits per heavy atom. The highest BCUT2D eigenvalue weighted by molar-refractivity contribution is 7.00. The fourth-order valence-electron chi connectivity index (χ4n) is 9.14. The second kappa shape index (κ2) is 8.61. The minimum atomic E-state index is -0.212. The molecule has 2 nitrogen and oxygen atoms in total. The van der Waals surface area contributed by atoms with Gasteiger partial charge in [0.25, 0.3) is 6.71 Å². The van der Waals surface area contributed by atoms with Crippen molar-refractivity contribution in [3.05, 3.63) is 151 Å². The van der Waals surface area contributed by atoms with Gasteiger partial charge in [0.05, 0.1) is 11.0 Å². The maximum atomic E-state index is 15.7. The summed E-state index contributed by atoms with van der Waals surface area (Å²) < 4.78 is 20.6. The van der Waals surface area contributed by atoms with Gasteiger partial charge in [-0.15, -0.1) is 0 Å². The molecule has 4 heterocycles. The van der Waals surface area contributed by atoms with Crippen LogP contribution in [-0.2, 0) is 0 Å². The lowest BCUT2D eigenvalue weighted by Gasteiger charge is -2.34. The lowest BCUT2D eigenvalue weighted by molar-refractivity contribution is 0.631. The van der Waals surface area contributed by atoms with E-state index in [4.69, 9.17) is 0 Å². The molecule has 0 unspecified atom stereocenters. The zero-order chi connectivity index (χ0) is 31.2. The van der Waals surface area contributed by atoms with E-state index in [-0.39, 0.29) is 12.5 Å². The van der Waals surface area contributed by atoms with Crippen LogP contribution in [0.4, 0.5) is 4.39 Å². The van der Waals surface area contributed by atoms with Gasteiger partial charge in [-0.3, -0.25) is 0 Å². The van der Waals surface area contributed by atoms with Crippen LogP contribution in [0.3, 0.4) is 0 Å². The van der Waals surface area contributed by atoms with Crippen molar-refractivity contribution in [1.82, 2.24) is 9.13 Å². The number of fused-ring (bicyclic) bond motifs is 12. The predicted octanol–water partition coefficient (Wildman–Crippen LogP) is 9.14. The third kappa shape index (κ3) is 2.95. The molecule has 2 aliphatic heterocycles. The van der Waals surface area contributed by atoms with Gasteiger partial charge in [0.1, 0.15) is 5.82 Å². The summed E-state index contributed by atoms with van der Waals surface area (Å²) in [7, 11) is 0. The predicted molar refractivity (Wildman–Crippen MR) is 200 cm³/mol. The molecule has 220 valence electrons. The molecule has 0 N–H and O–H groups in total. The van der Waals surface area contributed by atoms with Gasteiger partial charge in [0, 0.05) is 49.5 Å². The fourth-order valence-corrected chi connectivity index (χ4v) is 9.14. The summed E-state index contributed by atoms with van der Waals surface area (Å²) in [6.45, 7) is 0.0366. The molecule has 0 radical (unpaired) electrons. The van der Waals surface area contributed by atoms with Gasteiger partial charge in [-0.05, 0) is 86.0 Å². The van der Waals surface area contributed by atoms with Crippen LogP contribution in [0.15, 0.2) is 146 Å². The lowest BCUT2D eigenvalue weighted by atomic mass is 9.34. The standard InChI is InChI=1S/C44H24BFN2/c46-37-18-6-5-13-30(37)29-23-40-42-41(24-29)48-39-22-28-12-4-2-10-26(28)20-34(39)32-15-8-17-36(44(32)48)45(42)35-16-7-14-31-33-19-25-9-1-3-11-27(25)21-38(33)47(40)43(31)35/h1-24H. The van der Waals surface area contributed by atoms with Crippen LogP contribution in [0.5, 0.6) is 0 Å². The van der Waals surface area contributed by atoms with Crippen LogP contribution in [0.25, 0.3) is 87.7 Å². The van der Waals surface area contributed by atoms with Crippen molar-refractivity contribution < 1.29 is 4.39 Å². The second-order valence-electron chi connectivity index (χ2n) is 13.4. The van der Waals surface area contributed by atoms with Crippen molar-refractivity contribution in [3.63, 3.8) is 0 Å². The van der Waals surface area contributed by atoms with E-state index in [1.807, 2.05) is 12.1 Å². The molecule has 48 heavy (non-hydrogen) atoms. The molecule has 0 atom stereocenters. The van der Waals surface area contributed by atoms with Crippen LogP contribution in [0.2, 0.25) is 0 Å². The number of hydrogen-bond donors (Lipinski definition) is 0. The molecule has 8 aromatic carbocycles. The first-order valence-corrected chi connectivity index (χ1v) is 16.6. The summed E-state index contributed by atoms with van der Waals surface area (Å²) >= 11 is 0. The Bertz CT molecular complexity index is 2910. The minimum Gasteiger partial charge on any atom is -0.310 e.